The maximum atomic E-state index is 9.82. The first-order chi connectivity index (χ1) is 12.0. The van der Waals surface area contributed by atoms with E-state index < -0.39 is 0 Å². The Bertz CT molecular complexity index is 786. The van der Waals surface area contributed by atoms with Crippen LogP contribution in [0.25, 0.3) is 0 Å². The Kier molecular flexibility index (Phi) is 6.96. The Morgan fingerprint density at radius 1 is 1.12 bits per heavy atom. The van der Waals surface area contributed by atoms with Gasteiger partial charge in [-0.3, -0.25) is 0 Å². The van der Waals surface area contributed by atoms with Crippen LogP contribution in [-0.4, -0.2) is 24.3 Å². The summed E-state index contributed by atoms with van der Waals surface area (Å²) in [7, 11) is 0. The van der Waals surface area contributed by atoms with E-state index in [1.807, 2.05) is 44.2 Å². The van der Waals surface area contributed by atoms with E-state index in [-0.39, 0.29) is 24.0 Å². The summed E-state index contributed by atoms with van der Waals surface area (Å²) < 4.78 is 11.3. The number of aromatic hydroxyl groups is 1. The fourth-order valence-electron chi connectivity index (χ4n) is 2.74. The third-order valence-electron chi connectivity index (χ3n) is 4.00. The number of halogens is 1. The molecule has 0 saturated heterocycles. The third kappa shape index (κ3) is 4.94. The van der Waals surface area contributed by atoms with Crippen molar-refractivity contribution >= 4 is 35.6 Å². The Hall–Kier alpha value is -2.16. The average Bonchev–Trinajstić information content (AvgIpc) is 2.82. The quantitative estimate of drug-likeness (QED) is 0.363. The van der Waals surface area contributed by atoms with E-state index in [2.05, 4.69) is 10.3 Å². The number of nitrogens with one attached hydrogen (secondary N) is 1. The Morgan fingerprint density at radius 3 is 2.46 bits per heavy atom. The minimum absolute atomic E-state index is 0. The first-order valence-corrected chi connectivity index (χ1v) is 8.28. The van der Waals surface area contributed by atoms with Crippen molar-refractivity contribution < 1.29 is 14.6 Å². The number of nitrogens with zero attached hydrogens (tertiary/aromatic N) is 1. The van der Waals surface area contributed by atoms with Crippen LogP contribution < -0.4 is 20.5 Å². The van der Waals surface area contributed by atoms with Crippen LogP contribution in [0.1, 0.15) is 23.1 Å². The van der Waals surface area contributed by atoms with Crippen LogP contribution in [0.4, 0.5) is 5.69 Å². The van der Waals surface area contributed by atoms with Gasteiger partial charge in [-0.1, -0.05) is 12.1 Å². The van der Waals surface area contributed by atoms with E-state index in [1.165, 1.54) is 0 Å². The molecule has 4 N–H and O–H groups in total. The van der Waals surface area contributed by atoms with Crippen LogP contribution in [0.5, 0.6) is 17.2 Å². The summed E-state index contributed by atoms with van der Waals surface area (Å²) in [4.78, 5) is 4.36. The second kappa shape index (κ2) is 8.98. The molecule has 0 bridgehead atoms. The summed E-state index contributed by atoms with van der Waals surface area (Å²) >= 11 is 0. The molecule has 1 heterocycles. The number of rotatable bonds is 3. The number of fused-ring (bicyclic) bond motifs is 1. The molecule has 0 fully saturated rings. The Morgan fingerprint density at radius 2 is 1.77 bits per heavy atom. The maximum Gasteiger partial charge on any atom is 0.193 e. The summed E-state index contributed by atoms with van der Waals surface area (Å²) in [6, 6.07) is 9.42. The predicted octanol–water partition coefficient (Wildman–Crippen LogP) is 3.72. The fourth-order valence-corrected chi connectivity index (χ4v) is 2.74. The monoisotopic (exact) mass is 469 g/mol. The molecule has 0 aromatic heterocycles. The zero-order chi connectivity index (χ0) is 17.8. The van der Waals surface area contributed by atoms with Crippen LogP contribution in [0.2, 0.25) is 0 Å². The van der Waals surface area contributed by atoms with Gasteiger partial charge in [0.1, 0.15) is 5.75 Å². The van der Waals surface area contributed by atoms with E-state index in [1.54, 1.807) is 0 Å². The zero-order valence-corrected chi connectivity index (χ0v) is 17.2. The molecule has 0 radical (unpaired) electrons. The van der Waals surface area contributed by atoms with E-state index in [4.69, 9.17) is 15.2 Å². The summed E-state index contributed by atoms with van der Waals surface area (Å²) in [5.41, 5.74) is 9.44. The van der Waals surface area contributed by atoms with Gasteiger partial charge < -0.3 is 25.6 Å². The Balaban J connectivity index is 0.00000243. The van der Waals surface area contributed by atoms with Crippen LogP contribution in [0.15, 0.2) is 35.3 Å². The highest BCUT2D eigenvalue weighted by atomic mass is 127. The number of anilines is 1. The fraction of sp³-hybridized carbons (Fsp3) is 0.316. The minimum atomic E-state index is 0. The molecule has 0 saturated carbocycles. The van der Waals surface area contributed by atoms with Gasteiger partial charge in [0, 0.05) is 18.2 Å². The number of guanidine groups is 1. The van der Waals surface area contributed by atoms with Crippen molar-refractivity contribution in [3.63, 3.8) is 0 Å². The van der Waals surface area contributed by atoms with Crippen molar-refractivity contribution in [3.05, 3.63) is 47.0 Å². The van der Waals surface area contributed by atoms with Gasteiger partial charge in [0.05, 0.1) is 19.8 Å². The van der Waals surface area contributed by atoms with Crippen molar-refractivity contribution in [3.8, 4) is 17.2 Å². The number of phenolic OH excluding ortho intramolecular Hbond substituents is 1. The molecule has 1 aliphatic heterocycles. The lowest BCUT2D eigenvalue weighted by atomic mass is 10.1. The van der Waals surface area contributed by atoms with Crippen molar-refractivity contribution in [2.75, 3.05) is 18.5 Å². The van der Waals surface area contributed by atoms with Gasteiger partial charge in [-0.05, 0) is 42.7 Å². The number of phenols is 1. The average molecular weight is 469 g/mol. The lowest BCUT2D eigenvalue weighted by Gasteiger charge is -2.11. The summed E-state index contributed by atoms with van der Waals surface area (Å²) in [5.74, 6) is 2.09. The van der Waals surface area contributed by atoms with E-state index in [0.29, 0.717) is 37.2 Å². The SMILES string of the molecule is Cc1cc(CN=C(N)Nc2ccc3c(c2)OCCCO3)cc(C)c1O.I. The van der Waals surface area contributed by atoms with E-state index in [9.17, 15) is 5.11 Å². The maximum absolute atomic E-state index is 9.82. The molecule has 26 heavy (non-hydrogen) atoms. The molecule has 0 atom stereocenters. The number of aliphatic imine (C=N–C) groups is 1. The van der Waals surface area contributed by atoms with Gasteiger partial charge in [-0.25, -0.2) is 4.99 Å². The number of nitrogens with two attached hydrogens (primary N) is 1. The highest BCUT2D eigenvalue weighted by molar-refractivity contribution is 14.0. The van der Waals surface area contributed by atoms with Gasteiger partial charge in [-0.2, -0.15) is 0 Å². The molecule has 2 aromatic rings. The summed E-state index contributed by atoms with van der Waals surface area (Å²) in [6.45, 7) is 5.48. The summed E-state index contributed by atoms with van der Waals surface area (Å²) in [6.07, 6.45) is 0.868. The standard InChI is InChI=1S/C19H23N3O3.HI/c1-12-8-14(9-13(2)18(12)23)11-21-19(20)22-15-4-5-16-17(10-15)25-7-3-6-24-16;/h4-5,8-10,23H,3,6-7,11H2,1-2H3,(H3,20,21,22);1H. The zero-order valence-electron chi connectivity index (χ0n) is 14.9. The number of ether oxygens (including phenoxy) is 2. The van der Waals surface area contributed by atoms with Gasteiger partial charge in [-0.15, -0.1) is 24.0 Å². The lowest BCUT2D eigenvalue weighted by molar-refractivity contribution is 0.297. The Labute approximate surface area is 170 Å². The van der Waals surface area contributed by atoms with E-state index >= 15 is 0 Å². The molecule has 140 valence electrons. The van der Waals surface area contributed by atoms with Crippen LogP contribution >= 0.6 is 24.0 Å². The molecule has 0 amide bonds. The van der Waals surface area contributed by atoms with Crippen LogP contribution in [0.3, 0.4) is 0 Å². The third-order valence-corrected chi connectivity index (χ3v) is 4.00. The summed E-state index contributed by atoms with van der Waals surface area (Å²) in [5, 5.41) is 12.9. The molecule has 0 spiro atoms. The van der Waals surface area contributed by atoms with E-state index in [0.717, 1.165) is 34.5 Å². The van der Waals surface area contributed by atoms with Crippen molar-refractivity contribution in [1.82, 2.24) is 0 Å². The van der Waals surface area contributed by atoms with Gasteiger partial charge >= 0.3 is 0 Å². The second-order valence-electron chi connectivity index (χ2n) is 6.12. The normalized spacial score (nSPS) is 13.5. The smallest absolute Gasteiger partial charge is 0.193 e. The predicted molar refractivity (Wildman–Crippen MR) is 114 cm³/mol. The molecular weight excluding hydrogens is 445 g/mol. The highest BCUT2D eigenvalue weighted by Crippen LogP contribution is 2.32. The largest absolute Gasteiger partial charge is 0.507 e. The van der Waals surface area contributed by atoms with Crippen molar-refractivity contribution in [1.29, 1.82) is 0 Å². The molecule has 0 unspecified atom stereocenters. The molecule has 0 aliphatic carbocycles. The minimum Gasteiger partial charge on any atom is -0.507 e. The molecule has 1 aliphatic rings. The van der Waals surface area contributed by atoms with Gasteiger partial charge in [0.15, 0.2) is 17.5 Å². The molecule has 6 nitrogen and oxygen atoms in total. The number of benzene rings is 2. The number of hydrogen-bond acceptors (Lipinski definition) is 4. The van der Waals surface area contributed by atoms with Gasteiger partial charge in [0.25, 0.3) is 0 Å². The lowest BCUT2D eigenvalue weighted by Crippen LogP contribution is -2.22. The first kappa shape index (κ1) is 20.2. The highest BCUT2D eigenvalue weighted by Gasteiger charge is 2.11. The number of aryl methyl sites for hydroxylation is 2. The topological polar surface area (TPSA) is 89.1 Å². The first-order valence-electron chi connectivity index (χ1n) is 8.28. The second-order valence-corrected chi connectivity index (χ2v) is 6.12. The van der Waals surface area contributed by atoms with Crippen LogP contribution in [-0.2, 0) is 6.54 Å². The number of hydrogen-bond donors (Lipinski definition) is 3. The van der Waals surface area contributed by atoms with Crippen molar-refractivity contribution in [2.45, 2.75) is 26.8 Å². The molecule has 3 rings (SSSR count). The van der Waals surface area contributed by atoms with Crippen LogP contribution in [0, 0.1) is 13.8 Å². The molecular formula is C19H24IN3O3. The van der Waals surface area contributed by atoms with Crippen molar-refractivity contribution in [2.24, 2.45) is 10.7 Å². The molecule has 2 aromatic carbocycles. The molecule has 7 heteroatoms. The van der Waals surface area contributed by atoms with Gasteiger partial charge in [0.2, 0.25) is 0 Å².